The minimum absolute atomic E-state index is 0.255. The first-order valence-corrected chi connectivity index (χ1v) is 7.75. The summed E-state index contributed by atoms with van der Waals surface area (Å²) in [5.41, 5.74) is 2.74. The van der Waals surface area contributed by atoms with Gasteiger partial charge in [-0.25, -0.2) is 0 Å². The number of aromatic nitrogens is 2. The molecule has 0 spiro atoms. The molecule has 20 heavy (non-hydrogen) atoms. The minimum atomic E-state index is 0.255. The van der Waals surface area contributed by atoms with Crippen LogP contribution in [0.3, 0.4) is 0 Å². The molecule has 0 radical (unpaired) electrons. The Morgan fingerprint density at radius 1 is 1.35 bits per heavy atom. The highest BCUT2D eigenvalue weighted by Crippen LogP contribution is 2.32. The topological polar surface area (TPSA) is 29.9 Å². The van der Waals surface area contributed by atoms with Crippen LogP contribution in [0.2, 0.25) is 0 Å². The summed E-state index contributed by atoms with van der Waals surface area (Å²) in [5.74, 6) is 0.718. The van der Waals surface area contributed by atoms with E-state index in [9.17, 15) is 0 Å². The van der Waals surface area contributed by atoms with Crippen LogP contribution in [0.25, 0.3) is 10.9 Å². The van der Waals surface area contributed by atoms with Gasteiger partial charge in [0.15, 0.2) is 0 Å². The third-order valence-electron chi connectivity index (χ3n) is 4.47. The largest absolute Gasteiger partial charge is 0.311 e. The zero-order chi connectivity index (χ0) is 14.2. The lowest BCUT2D eigenvalue weighted by Gasteiger charge is -2.31. The molecule has 2 heterocycles. The van der Waals surface area contributed by atoms with Crippen LogP contribution in [0.15, 0.2) is 24.3 Å². The second-order valence-corrected chi connectivity index (χ2v) is 6.67. The normalized spacial score (nSPS) is 23.0. The molecule has 1 aromatic heterocycles. The molecule has 2 aromatic rings. The number of aryl methyl sites for hydroxylation is 1. The molecular weight excluding hydrogens is 246 g/mol. The Bertz CT molecular complexity index is 591. The molecule has 1 aromatic carbocycles. The predicted octanol–water partition coefficient (Wildman–Crippen LogP) is 3.28. The van der Waals surface area contributed by atoms with Gasteiger partial charge in [0, 0.05) is 24.4 Å². The van der Waals surface area contributed by atoms with Crippen molar-refractivity contribution in [1.29, 1.82) is 0 Å². The maximum Gasteiger partial charge on any atom is 0.0721 e. The van der Waals surface area contributed by atoms with Gasteiger partial charge in [-0.3, -0.25) is 4.68 Å². The molecule has 1 fully saturated rings. The lowest BCUT2D eigenvalue weighted by atomic mass is 9.83. The Morgan fingerprint density at radius 3 is 2.85 bits per heavy atom. The first kappa shape index (κ1) is 13.6. The Kier molecular flexibility index (Phi) is 3.55. The second-order valence-electron chi connectivity index (χ2n) is 6.67. The predicted molar refractivity (Wildman–Crippen MR) is 83.8 cm³/mol. The molecule has 0 bridgehead atoms. The van der Waals surface area contributed by atoms with Crippen molar-refractivity contribution in [3.63, 3.8) is 0 Å². The minimum Gasteiger partial charge on any atom is -0.311 e. The summed E-state index contributed by atoms with van der Waals surface area (Å²) in [4.78, 5) is 0. The second kappa shape index (κ2) is 5.21. The Balaban J connectivity index is 1.95. The Labute approximate surface area is 121 Å². The van der Waals surface area contributed by atoms with Crippen LogP contribution in [0, 0.1) is 5.92 Å². The third kappa shape index (κ3) is 2.47. The van der Waals surface area contributed by atoms with Gasteiger partial charge < -0.3 is 5.32 Å². The van der Waals surface area contributed by atoms with E-state index in [0.717, 1.165) is 18.9 Å². The van der Waals surface area contributed by atoms with Crippen molar-refractivity contribution in [2.45, 2.75) is 45.1 Å². The van der Waals surface area contributed by atoms with E-state index in [1.54, 1.807) is 0 Å². The van der Waals surface area contributed by atoms with E-state index in [-0.39, 0.29) is 5.54 Å². The number of nitrogens with zero attached hydrogens (tertiary/aromatic N) is 2. The van der Waals surface area contributed by atoms with Crippen molar-refractivity contribution in [3.05, 3.63) is 30.0 Å². The van der Waals surface area contributed by atoms with Crippen LogP contribution in [-0.2, 0) is 13.5 Å². The fraction of sp³-hybridized carbons (Fsp3) is 0.588. The number of hydrogen-bond acceptors (Lipinski definition) is 2. The SMILES string of the molecule is CC(C)CC1(Cc2nn(C)c3ccccc23)CCCN1. The average Bonchev–Trinajstić information content (AvgIpc) is 2.96. The molecule has 0 amide bonds. The quantitative estimate of drug-likeness (QED) is 0.925. The fourth-order valence-electron chi connectivity index (χ4n) is 3.79. The fourth-order valence-corrected chi connectivity index (χ4v) is 3.79. The zero-order valence-electron chi connectivity index (χ0n) is 12.8. The van der Waals surface area contributed by atoms with Crippen LogP contribution < -0.4 is 5.32 Å². The standard InChI is InChI=1S/C17H25N3/c1-13(2)11-17(9-6-10-18-17)12-15-14-7-4-5-8-16(14)20(3)19-15/h4-5,7-8,13,18H,6,9-12H2,1-3H3. The van der Waals surface area contributed by atoms with E-state index >= 15 is 0 Å². The highest BCUT2D eigenvalue weighted by atomic mass is 15.3. The molecule has 1 N–H and O–H groups in total. The molecule has 3 heteroatoms. The van der Waals surface area contributed by atoms with Gasteiger partial charge in [-0.05, 0) is 37.8 Å². The van der Waals surface area contributed by atoms with E-state index in [0.29, 0.717) is 0 Å². The maximum absolute atomic E-state index is 4.78. The van der Waals surface area contributed by atoms with Gasteiger partial charge in [0.25, 0.3) is 0 Å². The Morgan fingerprint density at radius 2 is 2.15 bits per heavy atom. The molecule has 108 valence electrons. The Hall–Kier alpha value is -1.35. The highest BCUT2D eigenvalue weighted by Gasteiger charge is 2.35. The van der Waals surface area contributed by atoms with Crippen LogP contribution in [0.5, 0.6) is 0 Å². The summed E-state index contributed by atoms with van der Waals surface area (Å²) < 4.78 is 2.02. The summed E-state index contributed by atoms with van der Waals surface area (Å²) in [6, 6.07) is 8.56. The van der Waals surface area contributed by atoms with Gasteiger partial charge in [-0.2, -0.15) is 5.10 Å². The van der Waals surface area contributed by atoms with Gasteiger partial charge in [-0.1, -0.05) is 32.0 Å². The van der Waals surface area contributed by atoms with Gasteiger partial charge >= 0.3 is 0 Å². The number of nitrogens with one attached hydrogen (secondary N) is 1. The van der Waals surface area contributed by atoms with Crippen molar-refractivity contribution < 1.29 is 0 Å². The number of benzene rings is 1. The molecule has 3 rings (SSSR count). The van der Waals surface area contributed by atoms with E-state index < -0.39 is 0 Å². The van der Waals surface area contributed by atoms with Crippen LogP contribution in [-0.4, -0.2) is 21.9 Å². The summed E-state index contributed by atoms with van der Waals surface area (Å²) in [5, 5.41) is 9.87. The smallest absolute Gasteiger partial charge is 0.0721 e. The molecule has 0 aliphatic carbocycles. The number of rotatable bonds is 4. The lowest BCUT2D eigenvalue weighted by molar-refractivity contribution is 0.299. The van der Waals surface area contributed by atoms with Crippen LogP contribution >= 0.6 is 0 Å². The first-order chi connectivity index (χ1) is 9.60. The van der Waals surface area contributed by atoms with Crippen molar-refractivity contribution >= 4 is 10.9 Å². The van der Waals surface area contributed by atoms with Crippen molar-refractivity contribution in [2.75, 3.05) is 6.54 Å². The van der Waals surface area contributed by atoms with Crippen molar-refractivity contribution in [1.82, 2.24) is 15.1 Å². The average molecular weight is 271 g/mol. The number of hydrogen-bond donors (Lipinski definition) is 1. The molecular formula is C17H25N3. The molecule has 1 unspecified atom stereocenters. The first-order valence-electron chi connectivity index (χ1n) is 7.75. The number of para-hydroxylation sites is 1. The monoisotopic (exact) mass is 271 g/mol. The van der Waals surface area contributed by atoms with Gasteiger partial charge in [0.05, 0.1) is 11.2 Å². The third-order valence-corrected chi connectivity index (χ3v) is 4.47. The molecule has 1 saturated heterocycles. The summed E-state index contributed by atoms with van der Waals surface area (Å²) in [6.45, 7) is 5.79. The maximum atomic E-state index is 4.78. The summed E-state index contributed by atoms with van der Waals surface area (Å²) in [7, 11) is 2.04. The van der Waals surface area contributed by atoms with Gasteiger partial charge in [-0.15, -0.1) is 0 Å². The lowest BCUT2D eigenvalue weighted by Crippen LogP contribution is -2.43. The molecule has 1 aliphatic heterocycles. The summed E-state index contributed by atoms with van der Waals surface area (Å²) >= 11 is 0. The van der Waals surface area contributed by atoms with Gasteiger partial charge in [0.2, 0.25) is 0 Å². The molecule has 0 saturated carbocycles. The zero-order valence-corrected chi connectivity index (χ0v) is 12.8. The number of fused-ring (bicyclic) bond motifs is 1. The van der Waals surface area contributed by atoms with Gasteiger partial charge in [0.1, 0.15) is 0 Å². The van der Waals surface area contributed by atoms with Crippen molar-refractivity contribution in [2.24, 2.45) is 13.0 Å². The van der Waals surface area contributed by atoms with E-state index in [2.05, 4.69) is 43.4 Å². The molecule has 1 atom stereocenters. The summed E-state index contributed by atoms with van der Waals surface area (Å²) in [6.07, 6.45) is 4.85. The van der Waals surface area contributed by atoms with Crippen molar-refractivity contribution in [3.8, 4) is 0 Å². The van der Waals surface area contributed by atoms with Crippen LogP contribution in [0.4, 0.5) is 0 Å². The van der Waals surface area contributed by atoms with E-state index in [1.165, 1.54) is 35.9 Å². The van der Waals surface area contributed by atoms with Crippen LogP contribution in [0.1, 0.15) is 38.8 Å². The van der Waals surface area contributed by atoms with E-state index in [1.807, 2.05) is 11.7 Å². The molecule has 1 aliphatic rings. The molecule has 3 nitrogen and oxygen atoms in total. The highest BCUT2D eigenvalue weighted by molar-refractivity contribution is 5.82. The van der Waals surface area contributed by atoms with E-state index in [4.69, 9.17) is 5.10 Å².